The van der Waals surface area contributed by atoms with Crippen molar-refractivity contribution in [2.45, 2.75) is 6.54 Å². The summed E-state index contributed by atoms with van der Waals surface area (Å²) in [6.45, 7) is 0.113. The molecule has 0 spiro atoms. The molecule has 1 amide bonds. The number of hydrogen-bond donors (Lipinski definition) is 0. The minimum atomic E-state index is -0.686. The molecule has 0 fully saturated rings. The van der Waals surface area contributed by atoms with Crippen molar-refractivity contribution in [3.05, 3.63) is 46.0 Å². The van der Waals surface area contributed by atoms with Gasteiger partial charge in [-0.3, -0.25) is 9.59 Å². The maximum Gasteiger partial charge on any atom is 0.299 e. The van der Waals surface area contributed by atoms with Crippen molar-refractivity contribution in [3.8, 4) is 0 Å². The van der Waals surface area contributed by atoms with Gasteiger partial charge in [-0.25, -0.2) is 4.39 Å². The van der Waals surface area contributed by atoms with E-state index in [0.717, 1.165) is 6.07 Å². The molecule has 1 aliphatic heterocycles. The summed E-state index contributed by atoms with van der Waals surface area (Å²) in [6.07, 6.45) is 2.80. The molecule has 96 valence electrons. The molecule has 5 nitrogen and oxygen atoms in total. The Morgan fingerprint density at radius 1 is 1.37 bits per heavy atom. The van der Waals surface area contributed by atoms with Crippen LogP contribution in [0.4, 0.5) is 10.1 Å². The summed E-state index contributed by atoms with van der Waals surface area (Å²) in [5.74, 6) is -1.86. The standard InChI is InChI=1S/C12H6BrFN2O3/c13-8-1-7-10(2-9(8)14)16(12(18)11(7)17)4-6-3-15-19-5-6/h1-3,5H,4H2. The van der Waals surface area contributed by atoms with Crippen LogP contribution in [0.5, 0.6) is 0 Å². The minimum Gasteiger partial charge on any atom is -0.364 e. The zero-order valence-corrected chi connectivity index (χ0v) is 11.0. The molecule has 0 atom stereocenters. The maximum atomic E-state index is 13.6. The number of carbonyl (C=O) groups is 2. The number of amides is 1. The van der Waals surface area contributed by atoms with E-state index in [2.05, 4.69) is 25.6 Å². The highest BCUT2D eigenvalue weighted by Gasteiger charge is 2.36. The first-order chi connectivity index (χ1) is 9.08. The summed E-state index contributed by atoms with van der Waals surface area (Å²) in [5, 5.41) is 3.52. The number of halogens is 2. The fourth-order valence-corrected chi connectivity index (χ4v) is 2.28. The Labute approximate surface area is 115 Å². The first-order valence-electron chi connectivity index (χ1n) is 5.31. The van der Waals surface area contributed by atoms with E-state index in [1.54, 1.807) is 0 Å². The molecule has 0 unspecified atom stereocenters. The third-order valence-electron chi connectivity index (χ3n) is 2.84. The average molecular weight is 325 g/mol. The molecule has 1 aromatic heterocycles. The SMILES string of the molecule is O=C1C(=O)N(Cc2cnoc2)c2cc(F)c(Br)cc21. The summed E-state index contributed by atoms with van der Waals surface area (Å²) >= 11 is 2.99. The number of ketones is 1. The van der Waals surface area contributed by atoms with Crippen LogP contribution in [0.1, 0.15) is 15.9 Å². The van der Waals surface area contributed by atoms with Gasteiger partial charge < -0.3 is 9.42 Å². The van der Waals surface area contributed by atoms with Gasteiger partial charge in [0, 0.05) is 5.56 Å². The van der Waals surface area contributed by atoms with Crippen molar-refractivity contribution in [2.24, 2.45) is 0 Å². The lowest BCUT2D eigenvalue weighted by atomic mass is 10.1. The van der Waals surface area contributed by atoms with E-state index in [0.29, 0.717) is 5.56 Å². The molecular formula is C12H6BrFN2O3. The van der Waals surface area contributed by atoms with E-state index >= 15 is 0 Å². The zero-order valence-electron chi connectivity index (χ0n) is 9.39. The average Bonchev–Trinajstić information content (AvgIpc) is 2.96. The number of hydrogen-bond acceptors (Lipinski definition) is 4. The van der Waals surface area contributed by atoms with Crippen LogP contribution in [0.2, 0.25) is 0 Å². The van der Waals surface area contributed by atoms with Crippen molar-refractivity contribution >= 4 is 33.3 Å². The van der Waals surface area contributed by atoms with Crippen molar-refractivity contribution in [1.82, 2.24) is 5.16 Å². The summed E-state index contributed by atoms with van der Waals surface area (Å²) in [6, 6.07) is 2.48. The van der Waals surface area contributed by atoms with Gasteiger partial charge in [0.15, 0.2) is 0 Å². The van der Waals surface area contributed by atoms with Gasteiger partial charge in [0.1, 0.15) is 12.1 Å². The van der Waals surface area contributed by atoms with E-state index in [1.807, 2.05) is 0 Å². The Kier molecular flexibility index (Phi) is 2.70. The lowest BCUT2D eigenvalue weighted by Gasteiger charge is -2.15. The quantitative estimate of drug-likeness (QED) is 0.795. The first-order valence-corrected chi connectivity index (χ1v) is 6.10. The van der Waals surface area contributed by atoms with E-state index in [9.17, 15) is 14.0 Å². The van der Waals surface area contributed by atoms with Crippen LogP contribution in [0.25, 0.3) is 0 Å². The van der Waals surface area contributed by atoms with Gasteiger partial charge in [-0.1, -0.05) is 5.16 Å². The summed E-state index contributed by atoms with van der Waals surface area (Å²) in [7, 11) is 0. The van der Waals surface area contributed by atoms with Gasteiger partial charge in [-0.2, -0.15) is 0 Å². The van der Waals surface area contributed by atoms with Gasteiger partial charge >= 0.3 is 0 Å². The van der Waals surface area contributed by atoms with Crippen molar-refractivity contribution in [3.63, 3.8) is 0 Å². The number of Topliss-reactive ketones (excluding diaryl/α,β-unsaturated/α-hetero) is 1. The fraction of sp³-hybridized carbons (Fsp3) is 0.0833. The van der Waals surface area contributed by atoms with E-state index < -0.39 is 17.5 Å². The largest absolute Gasteiger partial charge is 0.364 e. The molecule has 0 N–H and O–H groups in total. The number of aromatic nitrogens is 1. The van der Waals surface area contributed by atoms with Gasteiger partial charge in [0.05, 0.1) is 28.5 Å². The highest BCUT2D eigenvalue weighted by Crippen LogP contribution is 2.34. The Morgan fingerprint density at radius 3 is 2.84 bits per heavy atom. The highest BCUT2D eigenvalue weighted by atomic mass is 79.9. The number of fused-ring (bicyclic) bond motifs is 1. The van der Waals surface area contributed by atoms with E-state index in [-0.39, 0.29) is 22.3 Å². The minimum absolute atomic E-state index is 0.113. The Bertz CT molecular complexity index is 685. The molecule has 3 rings (SSSR count). The van der Waals surface area contributed by atoms with Crippen LogP contribution in [0.3, 0.4) is 0 Å². The molecule has 0 saturated heterocycles. The molecule has 2 heterocycles. The monoisotopic (exact) mass is 324 g/mol. The molecule has 0 aliphatic carbocycles. The third-order valence-corrected chi connectivity index (χ3v) is 3.45. The normalized spacial score (nSPS) is 14.1. The summed E-state index contributed by atoms with van der Waals surface area (Å²) in [4.78, 5) is 24.9. The maximum absolute atomic E-state index is 13.6. The van der Waals surface area contributed by atoms with Crippen LogP contribution in [-0.4, -0.2) is 16.8 Å². The molecular weight excluding hydrogens is 319 g/mol. The predicted molar refractivity (Wildman–Crippen MR) is 66.1 cm³/mol. The van der Waals surface area contributed by atoms with Gasteiger partial charge in [0.25, 0.3) is 11.7 Å². The van der Waals surface area contributed by atoms with Gasteiger partial charge in [0.2, 0.25) is 0 Å². The summed E-state index contributed by atoms with van der Waals surface area (Å²) < 4.78 is 18.4. The lowest BCUT2D eigenvalue weighted by molar-refractivity contribution is -0.114. The number of carbonyl (C=O) groups excluding carboxylic acids is 2. The van der Waals surface area contributed by atoms with Crippen LogP contribution in [0, 0.1) is 5.82 Å². The fourth-order valence-electron chi connectivity index (χ4n) is 1.93. The number of nitrogens with zero attached hydrogens (tertiary/aromatic N) is 2. The van der Waals surface area contributed by atoms with E-state index in [1.165, 1.54) is 23.4 Å². The second kappa shape index (κ2) is 4.27. The Hall–Kier alpha value is -2.02. The van der Waals surface area contributed by atoms with Crippen molar-refractivity contribution < 1.29 is 18.5 Å². The first kappa shape index (κ1) is 12.0. The molecule has 0 radical (unpaired) electrons. The number of anilines is 1. The number of rotatable bonds is 2. The molecule has 7 heteroatoms. The van der Waals surface area contributed by atoms with Crippen LogP contribution < -0.4 is 4.90 Å². The van der Waals surface area contributed by atoms with Crippen LogP contribution in [0.15, 0.2) is 33.6 Å². The van der Waals surface area contributed by atoms with Crippen molar-refractivity contribution in [1.29, 1.82) is 0 Å². The Morgan fingerprint density at radius 2 is 2.16 bits per heavy atom. The smallest absolute Gasteiger partial charge is 0.299 e. The second-order valence-electron chi connectivity index (χ2n) is 4.04. The third kappa shape index (κ3) is 1.86. The lowest BCUT2D eigenvalue weighted by Crippen LogP contribution is -2.28. The predicted octanol–water partition coefficient (Wildman–Crippen LogP) is 2.31. The van der Waals surface area contributed by atoms with Crippen LogP contribution >= 0.6 is 15.9 Å². The number of benzene rings is 1. The topological polar surface area (TPSA) is 63.4 Å². The molecule has 19 heavy (non-hydrogen) atoms. The van der Waals surface area contributed by atoms with Gasteiger partial charge in [-0.15, -0.1) is 0 Å². The summed E-state index contributed by atoms with van der Waals surface area (Å²) in [5.41, 5.74) is 1.07. The molecule has 0 saturated carbocycles. The highest BCUT2D eigenvalue weighted by molar-refractivity contribution is 9.10. The molecule has 2 aromatic rings. The second-order valence-corrected chi connectivity index (χ2v) is 4.89. The Balaban J connectivity index is 2.06. The molecule has 1 aliphatic rings. The van der Waals surface area contributed by atoms with Crippen LogP contribution in [-0.2, 0) is 11.3 Å². The van der Waals surface area contributed by atoms with Gasteiger partial charge in [-0.05, 0) is 28.1 Å². The molecule has 0 bridgehead atoms. The van der Waals surface area contributed by atoms with Crippen molar-refractivity contribution in [2.75, 3.05) is 4.90 Å². The molecule has 1 aromatic carbocycles. The van der Waals surface area contributed by atoms with E-state index in [4.69, 9.17) is 0 Å². The zero-order chi connectivity index (χ0) is 13.6.